The summed E-state index contributed by atoms with van der Waals surface area (Å²) in [4.78, 5) is 10.6. The van der Waals surface area contributed by atoms with Crippen LogP contribution in [0.4, 0.5) is 8.78 Å². The predicted octanol–water partition coefficient (Wildman–Crippen LogP) is 6.17. The number of carbonyl (C=O) groups excluding carboxylic acids is 1. The molecule has 3 nitrogen and oxygen atoms in total. The second-order valence-corrected chi connectivity index (χ2v) is 7.27. The van der Waals surface area contributed by atoms with E-state index in [-0.39, 0.29) is 17.0 Å². The highest BCUT2D eigenvalue weighted by molar-refractivity contribution is 5.73. The van der Waals surface area contributed by atoms with E-state index in [0.29, 0.717) is 29.9 Å². The summed E-state index contributed by atoms with van der Waals surface area (Å²) in [5, 5.41) is 0. The third-order valence-electron chi connectivity index (χ3n) is 4.97. The number of hydrogen-bond acceptors (Lipinski definition) is 2. The van der Waals surface area contributed by atoms with Gasteiger partial charge >= 0.3 is 0 Å². The molecule has 5 heteroatoms. The Balaban J connectivity index is 2.25. The van der Waals surface area contributed by atoms with Gasteiger partial charge in [-0.3, -0.25) is 4.79 Å². The summed E-state index contributed by atoms with van der Waals surface area (Å²) in [6.45, 7) is 8.73. The second kappa shape index (κ2) is 11.7. The molecule has 0 fully saturated rings. The van der Waals surface area contributed by atoms with Crippen molar-refractivity contribution < 1.29 is 18.3 Å². The summed E-state index contributed by atoms with van der Waals surface area (Å²) in [5.74, 6) is -0.916. The van der Waals surface area contributed by atoms with Crippen LogP contribution in [0, 0.1) is 32.4 Å². The Labute approximate surface area is 162 Å². The smallest absolute Gasteiger partial charge is 0.217 e. The molecule has 0 spiro atoms. The topological polar surface area (TPSA) is 52.3 Å². The van der Waals surface area contributed by atoms with Gasteiger partial charge in [-0.05, 0) is 44.7 Å². The second-order valence-electron chi connectivity index (χ2n) is 7.27. The maximum atomic E-state index is 13.9. The van der Waals surface area contributed by atoms with Crippen LogP contribution < -0.4 is 10.5 Å². The Bertz CT molecular complexity index is 627. The number of rotatable bonds is 13. The number of ether oxygens (including phenoxy) is 1. The molecule has 0 atom stereocenters. The molecular weight excluding hydrogens is 348 g/mol. The van der Waals surface area contributed by atoms with Gasteiger partial charge in [0, 0.05) is 18.4 Å². The van der Waals surface area contributed by atoms with E-state index in [2.05, 4.69) is 6.58 Å². The summed E-state index contributed by atoms with van der Waals surface area (Å²) in [5.41, 5.74) is 6.18. The van der Waals surface area contributed by atoms with Crippen LogP contribution in [0.1, 0.15) is 80.9 Å². The highest BCUT2D eigenvalue weighted by Crippen LogP contribution is 2.32. The zero-order valence-corrected chi connectivity index (χ0v) is 16.9. The number of halogens is 2. The van der Waals surface area contributed by atoms with Crippen LogP contribution in [0.15, 0.2) is 12.3 Å². The number of carbonyl (C=O) groups is 1. The van der Waals surface area contributed by atoms with Crippen LogP contribution in [-0.2, 0) is 4.79 Å². The van der Waals surface area contributed by atoms with E-state index in [1.807, 2.05) is 0 Å². The Kier molecular flexibility index (Phi) is 10.0. The van der Waals surface area contributed by atoms with Crippen molar-refractivity contribution >= 4 is 5.91 Å². The summed E-state index contributed by atoms with van der Waals surface area (Å²) < 4.78 is 33.4. The number of amides is 1. The molecule has 1 aromatic carbocycles. The molecule has 0 aromatic heterocycles. The molecule has 0 aliphatic rings. The molecule has 0 aliphatic carbocycles. The largest absolute Gasteiger partial charge is 0.462 e. The first-order chi connectivity index (χ1) is 12.8. The molecule has 0 bridgehead atoms. The maximum Gasteiger partial charge on any atom is 0.217 e. The highest BCUT2D eigenvalue weighted by atomic mass is 19.2. The van der Waals surface area contributed by atoms with E-state index >= 15 is 0 Å². The zero-order chi connectivity index (χ0) is 20.4. The third-order valence-corrected chi connectivity index (χ3v) is 4.97. The number of allylic oxidation sites excluding steroid dienone is 1. The van der Waals surface area contributed by atoms with Crippen LogP contribution in [-0.4, -0.2) is 5.91 Å². The van der Waals surface area contributed by atoms with Crippen LogP contribution in [0.2, 0.25) is 0 Å². The van der Waals surface area contributed by atoms with Gasteiger partial charge < -0.3 is 10.5 Å². The number of unbranched alkanes of at least 4 members (excludes halogenated alkanes) is 7. The minimum absolute atomic E-state index is 0.188. The standard InChI is InChI=1S/C22H33F2NO2/c1-15(13-11-9-7-5-6-8-10-12-14-19(25)26)27-22-17(3)16(2)20(23)21(24)18(22)4/h1,5-14H2,2-4H3,(H2,25,26). The minimum atomic E-state index is -0.850. The lowest BCUT2D eigenvalue weighted by molar-refractivity contribution is -0.118. The number of benzene rings is 1. The normalized spacial score (nSPS) is 10.9. The van der Waals surface area contributed by atoms with Crippen molar-refractivity contribution in [3.8, 4) is 5.75 Å². The first kappa shape index (κ1) is 23.1. The van der Waals surface area contributed by atoms with Gasteiger partial charge in [0.05, 0.1) is 5.76 Å². The van der Waals surface area contributed by atoms with Crippen molar-refractivity contribution in [2.75, 3.05) is 0 Å². The fourth-order valence-electron chi connectivity index (χ4n) is 3.08. The number of nitrogens with two attached hydrogens (primary N) is 1. The average molecular weight is 382 g/mol. The molecule has 0 saturated carbocycles. The summed E-state index contributed by atoms with van der Waals surface area (Å²) in [6, 6.07) is 0. The zero-order valence-electron chi connectivity index (χ0n) is 16.9. The molecule has 27 heavy (non-hydrogen) atoms. The van der Waals surface area contributed by atoms with Gasteiger partial charge in [0.15, 0.2) is 11.6 Å². The third kappa shape index (κ3) is 7.69. The first-order valence-corrected chi connectivity index (χ1v) is 9.84. The summed E-state index contributed by atoms with van der Waals surface area (Å²) in [7, 11) is 0. The van der Waals surface area contributed by atoms with Crippen molar-refractivity contribution in [3.63, 3.8) is 0 Å². The molecule has 1 rings (SSSR count). The number of primary amides is 1. The van der Waals surface area contributed by atoms with Crippen molar-refractivity contribution in [1.82, 2.24) is 0 Å². The molecule has 0 radical (unpaired) electrons. The number of hydrogen-bond donors (Lipinski definition) is 1. The highest BCUT2D eigenvalue weighted by Gasteiger charge is 2.19. The molecule has 0 heterocycles. The van der Waals surface area contributed by atoms with E-state index in [1.165, 1.54) is 19.8 Å². The van der Waals surface area contributed by atoms with Crippen molar-refractivity contribution in [2.45, 2.75) is 85.0 Å². The van der Waals surface area contributed by atoms with Crippen LogP contribution in [0.5, 0.6) is 5.75 Å². The lowest BCUT2D eigenvalue weighted by Crippen LogP contribution is -2.09. The van der Waals surface area contributed by atoms with Crippen molar-refractivity contribution in [1.29, 1.82) is 0 Å². The lowest BCUT2D eigenvalue weighted by atomic mass is 10.0. The van der Waals surface area contributed by atoms with Crippen molar-refractivity contribution in [2.24, 2.45) is 5.73 Å². The van der Waals surface area contributed by atoms with Gasteiger partial charge in [0.25, 0.3) is 0 Å². The van der Waals surface area contributed by atoms with Gasteiger partial charge in [0.2, 0.25) is 5.91 Å². The summed E-state index contributed by atoms with van der Waals surface area (Å²) >= 11 is 0. The van der Waals surface area contributed by atoms with E-state index in [1.54, 1.807) is 13.8 Å². The van der Waals surface area contributed by atoms with E-state index in [4.69, 9.17) is 10.5 Å². The quantitative estimate of drug-likeness (QED) is 0.328. The SMILES string of the molecule is C=C(CCCCCCCCCCC(N)=O)Oc1c(C)c(C)c(F)c(F)c1C. The fourth-order valence-corrected chi connectivity index (χ4v) is 3.08. The van der Waals surface area contributed by atoms with E-state index in [9.17, 15) is 13.6 Å². The molecular formula is C22H33F2NO2. The van der Waals surface area contributed by atoms with Crippen LogP contribution in [0.3, 0.4) is 0 Å². The predicted molar refractivity (Wildman–Crippen MR) is 106 cm³/mol. The minimum Gasteiger partial charge on any atom is -0.462 e. The average Bonchev–Trinajstić information content (AvgIpc) is 2.63. The van der Waals surface area contributed by atoms with Crippen LogP contribution >= 0.6 is 0 Å². The molecule has 152 valence electrons. The van der Waals surface area contributed by atoms with Gasteiger partial charge in [-0.25, -0.2) is 8.78 Å². The lowest BCUT2D eigenvalue weighted by Gasteiger charge is -2.17. The first-order valence-electron chi connectivity index (χ1n) is 9.84. The Morgan fingerprint density at radius 1 is 0.815 bits per heavy atom. The molecule has 0 unspecified atom stereocenters. The molecule has 1 aromatic rings. The monoisotopic (exact) mass is 381 g/mol. The molecule has 0 saturated heterocycles. The molecule has 1 amide bonds. The van der Waals surface area contributed by atoms with Gasteiger partial charge in [-0.2, -0.15) is 0 Å². The maximum absolute atomic E-state index is 13.9. The van der Waals surface area contributed by atoms with E-state index < -0.39 is 11.6 Å². The van der Waals surface area contributed by atoms with Crippen molar-refractivity contribution in [3.05, 3.63) is 40.7 Å². The Morgan fingerprint density at radius 3 is 1.78 bits per heavy atom. The fraction of sp³-hybridized carbons (Fsp3) is 0.591. The van der Waals surface area contributed by atoms with Gasteiger partial charge in [-0.15, -0.1) is 0 Å². The van der Waals surface area contributed by atoms with Gasteiger partial charge in [-0.1, -0.05) is 45.1 Å². The van der Waals surface area contributed by atoms with Crippen LogP contribution in [0.25, 0.3) is 0 Å². The summed E-state index contributed by atoms with van der Waals surface area (Å²) in [6.07, 6.45) is 9.79. The van der Waals surface area contributed by atoms with Gasteiger partial charge in [0.1, 0.15) is 5.75 Å². The molecule has 0 aliphatic heterocycles. The Hall–Kier alpha value is -1.91. The van der Waals surface area contributed by atoms with E-state index in [0.717, 1.165) is 38.5 Å². The molecule has 2 N–H and O–H groups in total. The Morgan fingerprint density at radius 2 is 1.26 bits per heavy atom.